The molecule has 68 valence electrons. The van der Waals surface area contributed by atoms with Gasteiger partial charge in [-0.2, -0.15) is 0 Å². The normalized spacial score (nSPS) is 15.7. The number of thioether (sulfide) groups is 1. The molecule has 0 unspecified atom stereocenters. The van der Waals surface area contributed by atoms with Gasteiger partial charge < -0.3 is 0 Å². The van der Waals surface area contributed by atoms with E-state index in [1.165, 1.54) is 11.8 Å². The summed E-state index contributed by atoms with van der Waals surface area (Å²) < 4.78 is 0. The van der Waals surface area contributed by atoms with Gasteiger partial charge in [-0.15, -0.1) is 0 Å². The highest BCUT2D eigenvalue weighted by Crippen LogP contribution is 2.36. The Bertz CT molecular complexity index is 376. The lowest BCUT2D eigenvalue weighted by atomic mass is 10.1. The summed E-state index contributed by atoms with van der Waals surface area (Å²) in [4.78, 5) is 12.1. The Kier molecular flexibility index (Phi) is 2.54. The molecule has 0 saturated heterocycles. The summed E-state index contributed by atoms with van der Waals surface area (Å²) >= 11 is 12.9. The molecule has 0 aromatic heterocycles. The first-order valence-electron chi connectivity index (χ1n) is 3.85. The number of fused-ring (bicyclic) bond motifs is 1. The van der Waals surface area contributed by atoms with Crippen molar-refractivity contribution in [3.63, 3.8) is 0 Å². The lowest BCUT2D eigenvalue weighted by Gasteiger charge is -2.14. The van der Waals surface area contributed by atoms with Crippen molar-refractivity contribution in [2.45, 2.75) is 17.7 Å². The van der Waals surface area contributed by atoms with Crippen LogP contribution in [0, 0.1) is 0 Å². The van der Waals surface area contributed by atoms with Crippen LogP contribution < -0.4 is 0 Å². The van der Waals surface area contributed by atoms with Crippen LogP contribution in [0.4, 0.5) is 0 Å². The van der Waals surface area contributed by atoms with Crippen molar-refractivity contribution in [2.24, 2.45) is 0 Å². The number of rotatable bonds is 0. The first-order chi connectivity index (χ1) is 6.16. The van der Waals surface area contributed by atoms with Crippen LogP contribution in [0.2, 0.25) is 10.0 Å². The number of hydrogen-bond acceptors (Lipinski definition) is 2. The molecule has 0 N–H and O–H groups in total. The molecule has 0 aliphatic carbocycles. The van der Waals surface area contributed by atoms with E-state index in [4.69, 9.17) is 23.2 Å². The molecule has 1 heterocycles. The SMILES string of the molecule is O=C1CCc2cc(Cl)c(Cl)cc2S1. The molecule has 0 saturated carbocycles. The molecular weight excluding hydrogens is 227 g/mol. The number of benzene rings is 1. The molecule has 2 rings (SSSR count). The zero-order valence-electron chi connectivity index (χ0n) is 6.64. The molecule has 0 atom stereocenters. The zero-order valence-corrected chi connectivity index (χ0v) is 8.97. The standard InChI is InChI=1S/C9H6Cl2OS/c10-6-3-5-1-2-9(12)13-8(5)4-7(6)11/h3-4H,1-2H2. The highest BCUT2D eigenvalue weighted by molar-refractivity contribution is 8.13. The van der Waals surface area contributed by atoms with Crippen molar-refractivity contribution < 1.29 is 4.79 Å². The van der Waals surface area contributed by atoms with Gasteiger partial charge in [0.05, 0.1) is 10.0 Å². The van der Waals surface area contributed by atoms with Crippen molar-refractivity contribution >= 4 is 40.1 Å². The summed E-state index contributed by atoms with van der Waals surface area (Å²) in [5.74, 6) is 0. The van der Waals surface area contributed by atoms with E-state index >= 15 is 0 Å². The van der Waals surface area contributed by atoms with Gasteiger partial charge in [-0.25, -0.2) is 0 Å². The highest BCUT2D eigenvalue weighted by Gasteiger charge is 2.17. The lowest BCUT2D eigenvalue weighted by Crippen LogP contribution is -2.03. The first kappa shape index (κ1) is 9.38. The number of carbonyl (C=O) groups is 1. The van der Waals surface area contributed by atoms with E-state index in [-0.39, 0.29) is 5.12 Å². The third-order valence-electron chi connectivity index (χ3n) is 1.93. The van der Waals surface area contributed by atoms with Gasteiger partial charge in [-0.05, 0) is 24.1 Å². The second kappa shape index (κ2) is 3.52. The quantitative estimate of drug-likeness (QED) is 0.681. The fraction of sp³-hybridized carbons (Fsp3) is 0.222. The largest absolute Gasteiger partial charge is 0.287 e. The van der Waals surface area contributed by atoms with Gasteiger partial charge >= 0.3 is 0 Å². The molecule has 1 aliphatic rings. The number of aryl methyl sites for hydroxylation is 1. The molecular formula is C9H6Cl2OS. The Balaban J connectivity index is 2.49. The van der Waals surface area contributed by atoms with E-state index < -0.39 is 0 Å². The van der Waals surface area contributed by atoms with E-state index in [0.29, 0.717) is 16.5 Å². The van der Waals surface area contributed by atoms with Gasteiger partial charge in [-0.3, -0.25) is 4.79 Å². The average Bonchev–Trinajstić information content (AvgIpc) is 2.08. The maximum Gasteiger partial charge on any atom is 0.194 e. The van der Waals surface area contributed by atoms with E-state index in [9.17, 15) is 4.79 Å². The van der Waals surface area contributed by atoms with Crippen molar-refractivity contribution in [3.05, 3.63) is 27.7 Å². The molecule has 4 heteroatoms. The van der Waals surface area contributed by atoms with Crippen molar-refractivity contribution in [2.75, 3.05) is 0 Å². The Morgan fingerprint density at radius 1 is 1.15 bits per heavy atom. The fourth-order valence-electron chi connectivity index (χ4n) is 1.27. The van der Waals surface area contributed by atoms with Crippen LogP contribution in [0.5, 0.6) is 0 Å². The monoisotopic (exact) mass is 232 g/mol. The Hall–Kier alpha value is -0.180. The predicted octanol–water partition coefficient (Wildman–Crippen LogP) is 3.56. The van der Waals surface area contributed by atoms with Crippen LogP contribution in [0.25, 0.3) is 0 Å². The molecule has 0 fully saturated rings. The number of hydrogen-bond donors (Lipinski definition) is 0. The summed E-state index contributed by atoms with van der Waals surface area (Å²) in [5.41, 5.74) is 1.12. The van der Waals surface area contributed by atoms with Crippen molar-refractivity contribution in [1.82, 2.24) is 0 Å². The first-order valence-corrected chi connectivity index (χ1v) is 5.42. The molecule has 1 aliphatic heterocycles. The molecule has 1 aromatic carbocycles. The van der Waals surface area contributed by atoms with E-state index in [1.807, 2.05) is 6.07 Å². The predicted molar refractivity (Wildman–Crippen MR) is 55.6 cm³/mol. The van der Waals surface area contributed by atoms with Crippen LogP contribution >= 0.6 is 35.0 Å². The number of halogens is 2. The van der Waals surface area contributed by atoms with Gasteiger partial charge in [0.1, 0.15) is 0 Å². The minimum absolute atomic E-state index is 0.200. The van der Waals surface area contributed by atoms with Crippen molar-refractivity contribution in [3.8, 4) is 0 Å². The minimum Gasteiger partial charge on any atom is -0.287 e. The summed E-state index contributed by atoms with van der Waals surface area (Å²) in [5, 5.41) is 1.28. The van der Waals surface area contributed by atoms with Crippen LogP contribution in [0.15, 0.2) is 17.0 Å². The maximum atomic E-state index is 11.1. The fourth-order valence-corrected chi connectivity index (χ4v) is 2.60. The molecule has 1 aromatic rings. The zero-order chi connectivity index (χ0) is 9.42. The van der Waals surface area contributed by atoms with Gasteiger partial charge in [0.2, 0.25) is 0 Å². The minimum atomic E-state index is 0.200. The lowest BCUT2D eigenvalue weighted by molar-refractivity contribution is -0.111. The highest BCUT2D eigenvalue weighted by atomic mass is 35.5. The van der Waals surface area contributed by atoms with Crippen LogP contribution in [-0.4, -0.2) is 5.12 Å². The maximum absolute atomic E-state index is 11.1. The topological polar surface area (TPSA) is 17.1 Å². The van der Waals surface area contributed by atoms with Gasteiger partial charge in [0.25, 0.3) is 0 Å². The summed E-state index contributed by atoms with van der Waals surface area (Å²) in [6, 6.07) is 3.61. The smallest absolute Gasteiger partial charge is 0.194 e. The van der Waals surface area contributed by atoms with Crippen LogP contribution in [0.3, 0.4) is 0 Å². The van der Waals surface area contributed by atoms with Gasteiger partial charge in [0, 0.05) is 11.3 Å². The molecule has 0 amide bonds. The van der Waals surface area contributed by atoms with Crippen molar-refractivity contribution in [1.29, 1.82) is 0 Å². The third kappa shape index (κ3) is 1.85. The van der Waals surface area contributed by atoms with Gasteiger partial charge in [0.15, 0.2) is 5.12 Å². The second-order valence-corrected chi connectivity index (χ2v) is 4.76. The Labute approximate surface area is 90.4 Å². The summed E-state index contributed by atoms with van der Waals surface area (Å²) in [6.45, 7) is 0. The Morgan fingerprint density at radius 2 is 1.85 bits per heavy atom. The summed E-state index contributed by atoms with van der Waals surface area (Å²) in [7, 11) is 0. The second-order valence-electron chi connectivity index (χ2n) is 2.85. The molecule has 13 heavy (non-hydrogen) atoms. The van der Waals surface area contributed by atoms with Gasteiger partial charge in [-0.1, -0.05) is 35.0 Å². The molecule has 1 nitrogen and oxygen atoms in total. The summed E-state index contributed by atoms with van der Waals surface area (Å²) in [6.07, 6.45) is 1.37. The van der Waals surface area contributed by atoms with E-state index in [1.54, 1.807) is 6.07 Å². The van der Waals surface area contributed by atoms with Crippen LogP contribution in [-0.2, 0) is 11.2 Å². The molecule has 0 spiro atoms. The number of carbonyl (C=O) groups excluding carboxylic acids is 1. The van der Waals surface area contributed by atoms with E-state index in [0.717, 1.165) is 16.9 Å². The Morgan fingerprint density at radius 3 is 2.62 bits per heavy atom. The molecule has 0 bridgehead atoms. The average molecular weight is 233 g/mol. The third-order valence-corrected chi connectivity index (χ3v) is 3.68. The van der Waals surface area contributed by atoms with Crippen LogP contribution in [0.1, 0.15) is 12.0 Å². The molecule has 0 radical (unpaired) electrons. The van der Waals surface area contributed by atoms with E-state index in [2.05, 4.69) is 0 Å².